The molecule has 94 valence electrons. The van der Waals surface area contributed by atoms with E-state index < -0.39 is 0 Å². The van der Waals surface area contributed by atoms with Crippen molar-refractivity contribution in [3.05, 3.63) is 12.7 Å². The number of hydrogen-bond donors (Lipinski definition) is 0. The molecule has 1 aliphatic rings. The Kier molecular flexibility index (Phi) is 5.56. The SMILES string of the molecule is C=CCCCC(C)(C)C1CCC(C)CC1Br. The van der Waals surface area contributed by atoms with Gasteiger partial charge in [0.15, 0.2) is 0 Å². The maximum absolute atomic E-state index is 3.92. The molecule has 0 spiro atoms. The van der Waals surface area contributed by atoms with Crippen molar-refractivity contribution in [3.8, 4) is 0 Å². The molecule has 0 amide bonds. The summed E-state index contributed by atoms with van der Waals surface area (Å²) in [6.45, 7) is 11.1. The number of unbranched alkanes of at least 4 members (excludes halogenated alkanes) is 1. The smallest absolute Gasteiger partial charge is 0.0181 e. The summed E-state index contributed by atoms with van der Waals surface area (Å²) >= 11 is 3.92. The highest BCUT2D eigenvalue weighted by Crippen LogP contribution is 2.45. The summed E-state index contributed by atoms with van der Waals surface area (Å²) in [6.07, 6.45) is 10.0. The van der Waals surface area contributed by atoms with Crippen LogP contribution in [0.15, 0.2) is 12.7 Å². The van der Waals surface area contributed by atoms with Gasteiger partial charge in [-0.05, 0) is 49.4 Å². The molecule has 0 saturated heterocycles. The fourth-order valence-electron chi connectivity index (χ4n) is 3.08. The quantitative estimate of drug-likeness (QED) is 0.352. The molecule has 0 aromatic heterocycles. The van der Waals surface area contributed by atoms with Crippen LogP contribution in [0.25, 0.3) is 0 Å². The average molecular weight is 287 g/mol. The maximum atomic E-state index is 3.92. The van der Waals surface area contributed by atoms with Crippen molar-refractivity contribution >= 4 is 15.9 Å². The van der Waals surface area contributed by atoms with E-state index in [0.717, 1.165) is 16.7 Å². The van der Waals surface area contributed by atoms with Crippen molar-refractivity contribution in [2.24, 2.45) is 17.3 Å². The van der Waals surface area contributed by atoms with Crippen molar-refractivity contribution in [1.29, 1.82) is 0 Å². The summed E-state index contributed by atoms with van der Waals surface area (Å²) in [4.78, 5) is 0.731. The lowest BCUT2D eigenvalue weighted by Gasteiger charge is -2.42. The van der Waals surface area contributed by atoms with E-state index in [9.17, 15) is 0 Å². The molecule has 1 saturated carbocycles. The summed E-state index contributed by atoms with van der Waals surface area (Å²) < 4.78 is 0. The number of hydrogen-bond acceptors (Lipinski definition) is 0. The second-order valence-corrected chi connectivity index (χ2v) is 7.39. The minimum atomic E-state index is 0.483. The van der Waals surface area contributed by atoms with E-state index >= 15 is 0 Å². The van der Waals surface area contributed by atoms with Gasteiger partial charge in [0, 0.05) is 4.83 Å². The van der Waals surface area contributed by atoms with E-state index in [2.05, 4.69) is 43.3 Å². The first-order valence-corrected chi connectivity index (χ1v) is 7.64. The Morgan fingerprint density at radius 3 is 2.62 bits per heavy atom. The van der Waals surface area contributed by atoms with Gasteiger partial charge in [-0.2, -0.15) is 0 Å². The molecule has 3 unspecified atom stereocenters. The molecule has 0 aromatic carbocycles. The lowest BCUT2D eigenvalue weighted by atomic mass is 9.67. The third kappa shape index (κ3) is 3.91. The maximum Gasteiger partial charge on any atom is 0.0181 e. The third-order valence-corrected chi connectivity index (χ3v) is 5.28. The highest BCUT2D eigenvalue weighted by molar-refractivity contribution is 9.09. The molecular formula is C15H27Br. The first kappa shape index (κ1) is 14.3. The van der Waals surface area contributed by atoms with Crippen molar-refractivity contribution in [1.82, 2.24) is 0 Å². The van der Waals surface area contributed by atoms with Crippen molar-refractivity contribution < 1.29 is 0 Å². The first-order chi connectivity index (χ1) is 7.47. The van der Waals surface area contributed by atoms with Crippen LogP contribution in [0.3, 0.4) is 0 Å². The van der Waals surface area contributed by atoms with Gasteiger partial charge in [0.05, 0.1) is 0 Å². The first-order valence-electron chi connectivity index (χ1n) is 6.72. The molecule has 16 heavy (non-hydrogen) atoms. The molecule has 1 heteroatoms. The van der Waals surface area contributed by atoms with Crippen LogP contribution in [0.5, 0.6) is 0 Å². The van der Waals surface area contributed by atoms with Gasteiger partial charge in [-0.3, -0.25) is 0 Å². The van der Waals surface area contributed by atoms with Crippen LogP contribution in [0.1, 0.15) is 59.3 Å². The minimum Gasteiger partial charge on any atom is -0.103 e. The van der Waals surface area contributed by atoms with Crippen LogP contribution in [0, 0.1) is 17.3 Å². The second kappa shape index (κ2) is 6.23. The molecule has 0 aromatic rings. The summed E-state index contributed by atoms with van der Waals surface area (Å²) in [5, 5.41) is 0. The molecule has 0 aliphatic heterocycles. The number of rotatable bonds is 5. The Hall–Kier alpha value is 0.220. The lowest BCUT2D eigenvalue weighted by Crippen LogP contribution is -2.35. The van der Waals surface area contributed by atoms with E-state index in [1.54, 1.807) is 0 Å². The predicted molar refractivity (Wildman–Crippen MR) is 77.0 cm³/mol. The fourth-order valence-corrected chi connectivity index (χ4v) is 4.70. The summed E-state index contributed by atoms with van der Waals surface area (Å²) in [5.41, 5.74) is 0.483. The predicted octanol–water partition coefficient (Wildman–Crippen LogP) is 5.57. The van der Waals surface area contributed by atoms with E-state index in [0.29, 0.717) is 5.41 Å². The molecule has 0 radical (unpaired) electrons. The molecule has 0 heterocycles. The van der Waals surface area contributed by atoms with Crippen molar-refractivity contribution in [2.45, 2.75) is 64.1 Å². The molecule has 0 bridgehead atoms. The van der Waals surface area contributed by atoms with Crippen LogP contribution in [-0.2, 0) is 0 Å². The Morgan fingerprint density at radius 1 is 1.38 bits per heavy atom. The zero-order valence-corrected chi connectivity index (χ0v) is 12.7. The topological polar surface area (TPSA) is 0 Å². The van der Waals surface area contributed by atoms with E-state index in [4.69, 9.17) is 0 Å². The molecule has 0 nitrogen and oxygen atoms in total. The lowest BCUT2D eigenvalue weighted by molar-refractivity contribution is 0.134. The van der Waals surface area contributed by atoms with E-state index in [1.807, 2.05) is 6.08 Å². The molecule has 3 atom stereocenters. The summed E-state index contributed by atoms with van der Waals surface area (Å²) in [6, 6.07) is 0. The highest BCUT2D eigenvalue weighted by atomic mass is 79.9. The highest BCUT2D eigenvalue weighted by Gasteiger charge is 2.37. The van der Waals surface area contributed by atoms with Crippen LogP contribution in [0.2, 0.25) is 0 Å². The number of halogens is 1. The minimum absolute atomic E-state index is 0.483. The second-order valence-electron chi connectivity index (χ2n) is 6.21. The average Bonchev–Trinajstić information content (AvgIpc) is 2.17. The zero-order chi connectivity index (χ0) is 12.2. The summed E-state index contributed by atoms with van der Waals surface area (Å²) in [7, 11) is 0. The Morgan fingerprint density at radius 2 is 2.06 bits per heavy atom. The Bertz CT molecular complexity index is 219. The fraction of sp³-hybridized carbons (Fsp3) is 0.867. The zero-order valence-electron chi connectivity index (χ0n) is 11.1. The Balaban J connectivity index is 2.49. The summed E-state index contributed by atoms with van der Waals surface area (Å²) in [5.74, 6) is 1.76. The van der Waals surface area contributed by atoms with Gasteiger partial charge in [-0.25, -0.2) is 0 Å². The van der Waals surface area contributed by atoms with Crippen molar-refractivity contribution in [3.63, 3.8) is 0 Å². The molecule has 1 fully saturated rings. The van der Waals surface area contributed by atoms with Gasteiger partial charge in [-0.1, -0.05) is 49.2 Å². The van der Waals surface area contributed by atoms with Gasteiger partial charge >= 0.3 is 0 Å². The Labute approximate surface area is 110 Å². The largest absolute Gasteiger partial charge is 0.103 e. The van der Waals surface area contributed by atoms with Gasteiger partial charge < -0.3 is 0 Å². The van der Waals surface area contributed by atoms with Gasteiger partial charge in [-0.15, -0.1) is 6.58 Å². The van der Waals surface area contributed by atoms with Crippen LogP contribution in [-0.4, -0.2) is 4.83 Å². The monoisotopic (exact) mass is 286 g/mol. The van der Waals surface area contributed by atoms with Crippen LogP contribution in [0.4, 0.5) is 0 Å². The van der Waals surface area contributed by atoms with Gasteiger partial charge in [0.25, 0.3) is 0 Å². The van der Waals surface area contributed by atoms with Gasteiger partial charge in [0.2, 0.25) is 0 Å². The number of allylic oxidation sites excluding steroid dienone is 1. The molecule has 1 aliphatic carbocycles. The third-order valence-electron chi connectivity index (χ3n) is 4.27. The molecular weight excluding hydrogens is 260 g/mol. The van der Waals surface area contributed by atoms with Crippen LogP contribution >= 0.6 is 15.9 Å². The standard InChI is InChI=1S/C15H27Br/c1-5-6-7-10-15(3,4)13-9-8-12(2)11-14(13)16/h5,12-14H,1,6-11H2,2-4H3. The number of alkyl halides is 1. The van der Waals surface area contributed by atoms with Crippen LogP contribution < -0.4 is 0 Å². The van der Waals surface area contributed by atoms with Crippen molar-refractivity contribution in [2.75, 3.05) is 0 Å². The molecule has 1 rings (SSSR count). The van der Waals surface area contributed by atoms with E-state index in [1.165, 1.54) is 38.5 Å². The molecule has 0 N–H and O–H groups in total. The van der Waals surface area contributed by atoms with Gasteiger partial charge in [0.1, 0.15) is 0 Å². The normalized spacial score (nSPS) is 31.4. The van der Waals surface area contributed by atoms with E-state index in [-0.39, 0.29) is 0 Å².